The Kier molecular flexibility index (Phi) is 1.94. The Hall–Kier alpha value is -1.52. The van der Waals surface area contributed by atoms with Gasteiger partial charge in [0.05, 0.1) is 0 Å². The molecule has 0 radical (unpaired) electrons. The molecular formula is C9H13N3O2. The highest BCUT2D eigenvalue weighted by Crippen LogP contribution is 2.30. The third kappa shape index (κ3) is 1.45. The number of nitrogens with two attached hydrogens (primary N) is 1. The van der Waals surface area contributed by atoms with Gasteiger partial charge in [-0.25, -0.2) is 4.79 Å². The van der Waals surface area contributed by atoms with Crippen LogP contribution in [0.2, 0.25) is 0 Å². The minimum absolute atomic E-state index is 0.269. The molecule has 0 unspecified atom stereocenters. The summed E-state index contributed by atoms with van der Waals surface area (Å²) >= 11 is 0. The second kappa shape index (κ2) is 3.01. The highest BCUT2D eigenvalue weighted by Gasteiger charge is 2.23. The van der Waals surface area contributed by atoms with Gasteiger partial charge in [0.15, 0.2) is 0 Å². The van der Waals surface area contributed by atoms with Crippen LogP contribution >= 0.6 is 0 Å². The zero-order valence-electron chi connectivity index (χ0n) is 8.06. The van der Waals surface area contributed by atoms with Crippen molar-refractivity contribution in [3.63, 3.8) is 0 Å². The average Bonchev–Trinajstić information content (AvgIpc) is 2.92. The van der Waals surface area contributed by atoms with E-state index in [-0.39, 0.29) is 17.1 Å². The fraction of sp³-hybridized carbons (Fsp3) is 0.556. The number of nitrogens with zero attached hydrogens (tertiary/aromatic N) is 2. The predicted octanol–water partition coefficient (Wildman–Crippen LogP) is -0.461. The highest BCUT2D eigenvalue weighted by atomic mass is 16.2. The fourth-order valence-corrected chi connectivity index (χ4v) is 1.43. The van der Waals surface area contributed by atoms with Gasteiger partial charge in [0, 0.05) is 19.7 Å². The first-order chi connectivity index (χ1) is 6.59. The summed E-state index contributed by atoms with van der Waals surface area (Å²) in [6.45, 7) is 0.638. The smallest absolute Gasteiger partial charge is 0.332 e. The molecule has 0 bridgehead atoms. The average molecular weight is 195 g/mol. The fourth-order valence-electron chi connectivity index (χ4n) is 1.43. The van der Waals surface area contributed by atoms with Crippen LogP contribution in [0.1, 0.15) is 12.8 Å². The van der Waals surface area contributed by atoms with Crippen LogP contribution in [0.5, 0.6) is 0 Å². The van der Waals surface area contributed by atoms with Gasteiger partial charge in [0.2, 0.25) is 0 Å². The lowest BCUT2D eigenvalue weighted by Gasteiger charge is -2.09. The number of hydrogen-bond acceptors (Lipinski definition) is 3. The summed E-state index contributed by atoms with van der Waals surface area (Å²) in [5, 5.41) is 0. The number of hydrogen-bond donors (Lipinski definition) is 1. The van der Waals surface area contributed by atoms with Crippen molar-refractivity contribution in [2.75, 3.05) is 5.73 Å². The first kappa shape index (κ1) is 9.05. The molecule has 1 heterocycles. The van der Waals surface area contributed by atoms with Gasteiger partial charge in [-0.2, -0.15) is 0 Å². The maximum Gasteiger partial charge on any atom is 0.332 e. The molecule has 2 rings (SSSR count). The number of anilines is 1. The maximum atomic E-state index is 11.6. The zero-order valence-corrected chi connectivity index (χ0v) is 8.06. The van der Waals surface area contributed by atoms with Gasteiger partial charge in [-0.3, -0.25) is 13.9 Å². The van der Waals surface area contributed by atoms with Crippen molar-refractivity contribution in [2.45, 2.75) is 19.4 Å². The topological polar surface area (TPSA) is 70.0 Å². The van der Waals surface area contributed by atoms with Crippen LogP contribution in [0.3, 0.4) is 0 Å². The van der Waals surface area contributed by atoms with E-state index in [0.717, 1.165) is 17.4 Å². The van der Waals surface area contributed by atoms with Gasteiger partial charge < -0.3 is 5.73 Å². The Morgan fingerprint density at radius 3 is 2.71 bits per heavy atom. The lowest BCUT2D eigenvalue weighted by atomic mass is 10.4. The standard InChI is InChI=1S/C9H13N3O2/c1-11-8(13)4-7(10)12(9(11)14)5-6-2-3-6/h4,6H,2-3,5,10H2,1H3. The molecule has 1 aliphatic rings. The summed E-state index contributed by atoms with van der Waals surface area (Å²) in [5.41, 5.74) is 4.95. The number of aromatic nitrogens is 2. The van der Waals surface area contributed by atoms with E-state index >= 15 is 0 Å². The largest absolute Gasteiger partial charge is 0.385 e. The Balaban J connectivity index is 2.52. The first-order valence-corrected chi connectivity index (χ1v) is 4.66. The van der Waals surface area contributed by atoms with E-state index in [1.54, 1.807) is 0 Å². The Bertz CT molecular complexity index is 468. The molecule has 0 aromatic carbocycles. The van der Waals surface area contributed by atoms with Crippen LogP contribution < -0.4 is 17.0 Å². The molecule has 5 heteroatoms. The van der Waals surface area contributed by atoms with E-state index in [1.165, 1.54) is 17.7 Å². The van der Waals surface area contributed by atoms with Crippen molar-refractivity contribution >= 4 is 5.82 Å². The third-order valence-corrected chi connectivity index (χ3v) is 2.57. The van der Waals surface area contributed by atoms with Gasteiger partial charge in [0.1, 0.15) is 5.82 Å². The summed E-state index contributed by atoms with van der Waals surface area (Å²) < 4.78 is 2.55. The molecule has 1 aromatic heterocycles. The predicted molar refractivity (Wildman–Crippen MR) is 53.1 cm³/mol. The van der Waals surface area contributed by atoms with Crippen molar-refractivity contribution in [2.24, 2.45) is 13.0 Å². The summed E-state index contributed by atoms with van der Waals surface area (Å²) in [6.07, 6.45) is 2.30. The molecule has 1 saturated carbocycles. The molecule has 1 aliphatic carbocycles. The van der Waals surface area contributed by atoms with Crippen molar-refractivity contribution in [3.05, 3.63) is 26.9 Å². The molecule has 76 valence electrons. The Labute approximate surface area is 80.8 Å². The molecular weight excluding hydrogens is 182 g/mol. The van der Waals surface area contributed by atoms with Gasteiger partial charge in [0.25, 0.3) is 5.56 Å². The number of nitrogen functional groups attached to an aromatic ring is 1. The van der Waals surface area contributed by atoms with E-state index in [4.69, 9.17) is 5.73 Å². The van der Waals surface area contributed by atoms with Crippen molar-refractivity contribution < 1.29 is 0 Å². The zero-order chi connectivity index (χ0) is 10.3. The van der Waals surface area contributed by atoms with Crippen molar-refractivity contribution in [1.82, 2.24) is 9.13 Å². The van der Waals surface area contributed by atoms with E-state index in [2.05, 4.69) is 0 Å². The monoisotopic (exact) mass is 195 g/mol. The quantitative estimate of drug-likeness (QED) is 0.694. The van der Waals surface area contributed by atoms with E-state index < -0.39 is 0 Å². The van der Waals surface area contributed by atoms with E-state index in [0.29, 0.717) is 12.5 Å². The molecule has 2 N–H and O–H groups in total. The molecule has 0 saturated heterocycles. The van der Waals surface area contributed by atoms with Crippen LogP contribution in [0.15, 0.2) is 15.7 Å². The normalized spacial score (nSPS) is 15.8. The van der Waals surface area contributed by atoms with E-state index in [1.807, 2.05) is 0 Å². The summed E-state index contributed by atoms with van der Waals surface area (Å²) in [4.78, 5) is 22.8. The van der Waals surface area contributed by atoms with Gasteiger partial charge >= 0.3 is 5.69 Å². The maximum absolute atomic E-state index is 11.6. The third-order valence-electron chi connectivity index (χ3n) is 2.57. The van der Waals surface area contributed by atoms with Crippen molar-refractivity contribution in [1.29, 1.82) is 0 Å². The summed E-state index contributed by atoms with van der Waals surface area (Å²) in [7, 11) is 1.47. The van der Waals surface area contributed by atoms with Crippen LogP contribution in [0.4, 0.5) is 5.82 Å². The van der Waals surface area contributed by atoms with Crippen LogP contribution in [-0.4, -0.2) is 9.13 Å². The van der Waals surface area contributed by atoms with Crippen LogP contribution in [0, 0.1) is 5.92 Å². The molecule has 1 fully saturated rings. The second-order valence-electron chi connectivity index (χ2n) is 3.80. The van der Waals surface area contributed by atoms with Gasteiger partial charge in [-0.05, 0) is 18.8 Å². The highest BCUT2D eigenvalue weighted by molar-refractivity contribution is 5.26. The summed E-state index contributed by atoms with van der Waals surface area (Å²) in [5.74, 6) is 0.831. The molecule has 1 aromatic rings. The van der Waals surface area contributed by atoms with Gasteiger partial charge in [-0.1, -0.05) is 0 Å². The Morgan fingerprint density at radius 1 is 1.50 bits per heavy atom. The molecule has 0 aliphatic heterocycles. The SMILES string of the molecule is Cn1c(=O)cc(N)n(CC2CC2)c1=O. The van der Waals surface area contributed by atoms with Crippen molar-refractivity contribution in [3.8, 4) is 0 Å². The minimum Gasteiger partial charge on any atom is -0.385 e. The molecule has 0 spiro atoms. The summed E-state index contributed by atoms with van der Waals surface area (Å²) in [6, 6.07) is 1.30. The second-order valence-corrected chi connectivity index (χ2v) is 3.80. The van der Waals surface area contributed by atoms with Crippen LogP contribution in [-0.2, 0) is 13.6 Å². The lowest BCUT2D eigenvalue weighted by molar-refractivity contribution is 0.567. The van der Waals surface area contributed by atoms with Crippen LogP contribution in [0.25, 0.3) is 0 Å². The number of rotatable bonds is 2. The Morgan fingerprint density at radius 2 is 2.14 bits per heavy atom. The van der Waals surface area contributed by atoms with Gasteiger partial charge in [-0.15, -0.1) is 0 Å². The lowest BCUT2D eigenvalue weighted by Crippen LogP contribution is -2.39. The van der Waals surface area contributed by atoms with E-state index in [9.17, 15) is 9.59 Å². The molecule has 0 amide bonds. The molecule has 0 atom stereocenters. The minimum atomic E-state index is -0.348. The molecule has 14 heavy (non-hydrogen) atoms. The molecule has 5 nitrogen and oxygen atoms in total. The first-order valence-electron chi connectivity index (χ1n) is 4.66.